The first-order valence-electron chi connectivity index (χ1n) is 5.42. The van der Waals surface area contributed by atoms with Gasteiger partial charge in [-0.25, -0.2) is 9.78 Å². The smallest absolute Gasteiger partial charge is 0.331 e. The monoisotopic (exact) mass is 313 g/mol. The van der Waals surface area contributed by atoms with Crippen LogP contribution in [0.4, 0.5) is 0 Å². The van der Waals surface area contributed by atoms with E-state index in [1.165, 1.54) is 6.08 Å². The minimum absolute atomic E-state index is 0.391. The third kappa shape index (κ3) is 4.87. The summed E-state index contributed by atoms with van der Waals surface area (Å²) in [7, 11) is 1.55. The third-order valence-corrected chi connectivity index (χ3v) is 2.32. The van der Waals surface area contributed by atoms with Crippen molar-refractivity contribution in [1.82, 2.24) is 4.98 Å². The molecular formula is C13H16BrNO3. The number of carbonyl (C=O) groups is 1. The van der Waals surface area contributed by atoms with Gasteiger partial charge in [0, 0.05) is 11.6 Å². The lowest BCUT2D eigenvalue weighted by Gasteiger charge is -2.17. The molecule has 18 heavy (non-hydrogen) atoms. The standard InChI is InChI=1S/C13H16BrNO3/c1-13(2,3)18-12(16)6-5-9-7-11(14)15-8-10(9)17-4/h5-8H,1-4H3/b6-5+. The first-order valence-corrected chi connectivity index (χ1v) is 6.22. The first kappa shape index (κ1) is 14.7. The quantitative estimate of drug-likeness (QED) is 0.488. The number of carbonyl (C=O) groups excluding carboxylic acids is 1. The molecule has 4 nitrogen and oxygen atoms in total. The van der Waals surface area contributed by atoms with E-state index in [0.717, 1.165) is 5.56 Å². The van der Waals surface area contributed by atoms with Crippen LogP contribution in [0.5, 0.6) is 5.75 Å². The van der Waals surface area contributed by atoms with Crippen LogP contribution in [0.2, 0.25) is 0 Å². The van der Waals surface area contributed by atoms with E-state index < -0.39 is 11.6 Å². The lowest BCUT2D eigenvalue weighted by Crippen LogP contribution is -2.22. The van der Waals surface area contributed by atoms with Crippen molar-refractivity contribution in [3.8, 4) is 5.75 Å². The number of ether oxygens (including phenoxy) is 2. The Labute approximate surface area is 115 Å². The molecule has 0 saturated heterocycles. The number of halogens is 1. The summed E-state index contributed by atoms with van der Waals surface area (Å²) in [6, 6.07) is 1.76. The lowest BCUT2D eigenvalue weighted by molar-refractivity contribution is -0.148. The summed E-state index contributed by atoms with van der Waals surface area (Å²) >= 11 is 3.26. The molecule has 0 radical (unpaired) electrons. The summed E-state index contributed by atoms with van der Waals surface area (Å²) < 4.78 is 11.0. The van der Waals surface area contributed by atoms with Gasteiger partial charge < -0.3 is 9.47 Å². The van der Waals surface area contributed by atoms with Gasteiger partial charge in [0.1, 0.15) is 16.0 Å². The molecule has 1 aromatic heterocycles. The summed E-state index contributed by atoms with van der Waals surface area (Å²) in [4.78, 5) is 15.6. The van der Waals surface area contributed by atoms with Gasteiger partial charge in [0.25, 0.3) is 0 Å². The molecule has 5 heteroatoms. The fourth-order valence-electron chi connectivity index (χ4n) is 1.23. The van der Waals surface area contributed by atoms with Gasteiger partial charge in [-0.05, 0) is 48.8 Å². The molecule has 0 saturated carbocycles. The maximum absolute atomic E-state index is 11.5. The van der Waals surface area contributed by atoms with Crippen LogP contribution >= 0.6 is 15.9 Å². The van der Waals surface area contributed by atoms with Gasteiger partial charge in [-0.15, -0.1) is 0 Å². The van der Waals surface area contributed by atoms with Gasteiger partial charge in [-0.2, -0.15) is 0 Å². The highest BCUT2D eigenvalue weighted by molar-refractivity contribution is 9.10. The van der Waals surface area contributed by atoms with Crippen molar-refractivity contribution in [2.24, 2.45) is 0 Å². The van der Waals surface area contributed by atoms with Crippen LogP contribution < -0.4 is 4.74 Å². The third-order valence-electron chi connectivity index (χ3n) is 1.89. The van der Waals surface area contributed by atoms with Gasteiger partial charge in [0.2, 0.25) is 0 Å². The van der Waals surface area contributed by atoms with Crippen molar-refractivity contribution in [2.75, 3.05) is 7.11 Å². The summed E-state index contributed by atoms with van der Waals surface area (Å²) in [6.45, 7) is 5.47. The Morgan fingerprint density at radius 3 is 2.67 bits per heavy atom. The zero-order valence-corrected chi connectivity index (χ0v) is 12.4. The molecule has 0 N–H and O–H groups in total. The van der Waals surface area contributed by atoms with Crippen molar-refractivity contribution in [2.45, 2.75) is 26.4 Å². The molecule has 0 amide bonds. The summed E-state index contributed by atoms with van der Waals surface area (Å²) in [6.07, 6.45) is 4.59. The fraction of sp³-hybridized carbons (Fsp3) is 0.385. The van der Waals surface area contributed by atoms with Crippen molar-refractivity contribution < 1.29 is 14.3 Å². The number of hydrogen-bond donors (Lipinski definition) is 0. The zero-order valence-electron chi connectivity index (χ0n) is 10.9. The summed E-state index contributed by atoms with van der Waals surface area (Å²) in [5.74, 6) is 0.204. The number of esters is 1. The Morgan fingerprint density at radius 1 is 1.44 bits per heavy atom. The van der Waals surface area contributed by atoms with E-state index >= 15 is 0 Å². The molecule has 0 spiro atoms. The van der Waals surface area contributed by atoms with Crippen LogP contribution in [-0.2, 0) is 9.53 Å². The molecule has 0 aliphatic carbocycles. The Morgan fingerprint density at radius 2 is 2.11 bits per heavy atom. The molecule has 0 aliphatic rings. The Kier molecular flexibility index (Phi) is 4.90. The zero-order chi connectivity index (χ0) is 13.8. The maximum atomic E-state index is 11.5. The summed E-state index contributed by atoms with van der Waals surface area (Å²) in [5.41, 5.74) is 0.259. The molecule has 1 aromatic rings. The van der Waals surface area contributed by atoms with Crippen molar-refractivity contribution in [3.05, 3.63) is 28.5 Å². The lowest BCUT2D eigenvalue weighted by atomic mass is 10.2. The second-order valence-corrected chi connectivity index (χ2v) is 5.43. The molecule has 0 unspecified atom stereocenters. The Hall–Kier alpha value is -1.36. The highest BCUT2D eigenvalue weighted by Gasteiger charge is 2.14. The largest absolute Gasteiger partial charge is 0.495 e. The number of aromatic nitrogens is 1. The van der Waals surface area contributed by atoms with E-state index in [2.05, 4.69) is 20.9 Å². The highest BCUT2D eigenvalue weighted by Crippen LogP contribution is 2.21. The molecule has 0 aliphatic heterocycles. The average Bonchev–Trinajstić information content (AvgIpc) is 2.24. The van der Waals surface area contributed by atoms with Crippen LogP contribution in [0.1, 0.15) is 26.3 Å². The van der Waals surface area contributed by atoms with E-state index in [9.17, 15) is 4.79 Å². The van der Waals surface area contributed by atoms with E-state index in [0.29, 0.717) is 10.4 Å². The topological polar surface area (TPSA) is 48.4 Å². The van der Waals surface area contributed by atoms with Crippen molar-refractivity contribution in [3.63, 3.8) is 0 Å². The minimum atomic E-state index is -0.496. The Balaban J connectivity index is 2.84. The second kappa shape index (κ2) is 6.00. The highest BCUT2D eigenvalue weighted by atomic mass is 79.9. The predicted molar refractivity (Wildman–Crippen MR) is 73.4 cm³/mol. The van der Waals surface area contributed by atoms with Gasteiger partial charge in [-0.3, -0.25) is 0 Å². The molecule has 1 rings (SSSR count). The molecule has 0 aromatic carbocycles. The summed E-state index contributed by atoms with van der Waals surface area (Å²) in [5, 5.41) is 0. The molecular weight excluding hydrogens is 298 g/mol. The number of methoxy groups -OCH3 is 1. The van der Waals surface area contributed by atoms with Gasteiger partial charge in [0.05, 0.1) is 13.3 Å². The second-order valence-electron chi connectivity index (χ2n) is 4.62. The number of nitrogens with zero attached hydrogens (tertiary/aromatic N) is 1. The van der Waals surface area contributed by atoms with Crippen LogP contribution in [0, 0.1) is 0 Å². The first-order chi connectivity index (χ1) is 8.31. The van der Waals surface area contributed by atoms with Crippen LogP contribution in [0.3, 0.4) is 0 Å². The predicted octanol–water partition coefficient (Wildman–Crippen LogP) is 3.21. The number of pyridine rings is 1. The Bertz CT molecular complexity index is 464. The van der Waals surface area contributed by atoms with E-state index in [1.807, 2.05) is 20.8 Å². The minimum Gasteiger partial charge on any atom is -0.495 e. The van der Waals surface area contributed by atoms with E-state index in [4.69, 9.17) is 9.47 Å². The average molecular weight is 314 g/mol. The molecule has 0 fully saturated rings. The van der Waals surface area contributed by atoms with Crippen molar-refractivity contribution >= 4 is 28.0 Å². The van der Waals surface area contributed by atoms with E-state index in [1.54, 1.807) is 25.4 Å². The fourth-order valence-corrected chi connectivity index (χ4v) is 1.57. The number of hydrogen-bond acceptors (Lipinski definition) is 4. The molecule has 98 valence electrons. The SMILES string of the molecule is COc1cnc(Br)cc1/C=C/C(=O)OC(C)(C)C. The van der Waals surface area contributed by atoms with Crippen LogP contribution in [-0.4, -0.2) is 23.7 Å². The normalized spacial score (nSPS) is 11.6. The van der Waals surface area contributed by atoms with Gasteiger partial charge >= 0.3 is 5.97 Å². The number of rotatable bonds is 3. The van der Waals surface area contributed by atoms with Gasteiger partial charge in [-0.1, -0.05) is 0 Å². The van der Waals surface area contributed by atoms with Crippen LogP contribution in [0.25, 0.3) is 6.08 Å². The van der Waals surface area contributed by atoms with Gasteiger partial charge in [0.15, 0.2) is 0 Å². The van der Waals surface area contributed by atoms with Crippen molar-refractivity contribution in [1.29, 1.82) is 0 Å². The van der Waals surface area contributed by atoms with Crippen LogP contribution in [0.15, 0.2) is 22.9 Å². The maximum Gasteiger partial charge on any atom is 0.331 e. The van der Waals surface area contributed by atoms with E-state index in [-0.39, 0.29) is 0 Å². The molecule has 0 bridgehead atoms. The molecule has 1 heterocycles. The molecule has 0 atom stereocenters.